The molecule has 1 amide bonds. The van der Waals surface area contributed by atoms with Gasteiger partial charge in [-0.25, -0.2) is 4.99 Å². The minimum absolute atomic E-state index is 0.148. The zero-order valence-corrected chi connectivity index (χ0v) is 19.5. The number of amides is 1. The summed E-state index contributed by atoms with van der Waals surface area (Å²) in [6, 6.07) is 12.7. The van der Waals surface area contributed by atoms with Crippen LogP contribution in [0, 0.1) is 0 Å². The SMILES string of the molecule is COc1ccc(/C=C2\N=C(SCCOC(C)C)N(c3ccc(Cl)c(OC)c3)C2=O)cc1. The number of hydrogen-bond donors (Lipinski definition) is 0. The van der Waals surface area contributed by atoms with Crippen LogP contribution in [0.1, 0.15) is 19.4 Å². The Kier molecular flexibility index (Phi) is 8.01. The van der Waals surface area contributed by atoms with E-state index in [1.807, 2.05) is 38.1 Å². The Hall–Kier alpha value is -2.48. The molecule has 2 aromatic carbocycles. The van der Waals surface area contributed by atoms with Gasteiger partial charge in [0.1, 0.15) is 17.2 Å². The van der Waals surface area contributed by atoms with E-state index < -0.39 is 0 Å². The van der Waals surface area contributed by atoms with Crippen molar-refractivity contribution < 1.29 is 19.0 Å². The van der Waals surface area contributed by atoms with Gasteiger partial charge >= 0.3 is 0 Å². The van der Waals surface area contributed by atoms with Gasteiger partial charge in [-0.2, -0.15) is 0 Å². The van der Waals surface area contributed by atoms with Gasteiger partial charge in [-0.05, 0) is 49.8 Å². The molecule has 8 heteroatoms. The number of benzene rings is 2. The van der Waals surface area contributed by atoms with Crippen LogP contribution in [0.2, 0.25) is 5.02 Å². The van der Waals surface area contributed by atoms with Gasteiger partial charge in [-0.15, -0.1) is 0 Å². The summed E-state index contributed by atoms with van der Waals surface area (Å²) in [4.78, 5) is 19.5. The van der Waals surface area contributed by atoms with Crippen LogP contribution in [0.25, 0.3) is 6.08 Å². The first-order valence-corrected chi connectivity index (χ1v) is 11.2. The fraction of sp³-hybridized carbons (Fsp3) is 0.304. The summed E-state index contributed by atoms with van der Waals surface area (Å²) in [6.07, 6.45) is 1.91. The highest BCUT2D eigenvalue weighted by Gasteiger charge is 2.32. The maximum absolute atomic E-state index is 13.3. The highest BCUT2D eigenvalue weighted by molar-refractivity contribution is 8.14. The summed E-state index contributed by atoms with van der Waals surface area (Å²) in [5.41, 5.74) is 1.85. The molecule has 0 fully saturated rings. The second-order valence-electron chi connectivity index (χ2n) is 6.92. The molecule has 2 aromatic rings. The molecule has 0 bridgehead atoms. The quantitative estimate of drug-likeness (QED) is 0.397. The van der Waals surface area contributed by atoms with Crippen LogP contribution in [0.15, 0.2) is 53.2 Å². The zero-order valence-electron chi connectivity index (χ0n) is 17.9. The Labute approximate surface area is 191 Å². The standard InChI is InChI=1S/C23H25ClN2O4S/c1-15(2)30-11-12-31-23-25-20(13-16-5-8-18(28-3)9-6-16)22(27)26(23)17-7-10-19(24)21(14-17)29-4/h5-10,13-15H,11-12H2,1-4H3/b20-13-. The van der Waals surface area contributed by atoms with Crippen LogP contribution in [-0.4, -0.2) is 43.8 Å². The first-order valence-electron chi connectivity index (χ1n) is 9.79. The average molecular weight is 461 g/mol. The molecule has 0 saturated carbocycles. The molecule has 0 aromatic heterocycles. The predicted molar refractivity (Wildman–Crippen MR) is 127 cm³/mol. The number of halogens is 1. The van der Waals surface area contributed by atoms with Gasteiger partial charge in [-0.1, -0.05) is 35.5 Å². The number of carbonyl (C=O) groups excluding carboxylic acids is 1. The summed E-state index contributed by atoms with van der Waals surface area (Å²) in [7, 11) is 3.15. The number of rotatable bonds is 8. The van der Waals surface area contributed by atoms with E-state index >= 15 is 0 Å². The second-order valence-corrected chi connectivity index (χ2v) is 8.39. The Bertz CT molecular complexity index is 990. The lowest BCUT2D eigenvalue weighted by Crippen LogP contribution is -2.30. The molecule has 1 aliphatic heterocycles. The van der Waals surface area contributed by atoms with E-state index in [-0.39, 0.29) is 12.0 Å². The summed E-state index contributed by atoms with van der Waals surface area (Å²) in [6.45, 7) is 4.54. The van der Waals surface area contributed by atoms with E-state index in [1.54, 1.807) is 43.4 Å². The number of anilines is 1. The molecular weight excluding hydrogens is 436 g/mol. The molecule has 0 spiro atoms. The molecule has 1 aliphatic rings. The lowest BCUT2D eigenvalue weighted by Gasteiger charge is -2.19. The van der Waals surface area contributed by atoms with E-state index in [1.165, 1.54) is 11.8 Å². The average Bonchev–Trinajstić information content (AvgIpc) is 3.07. The monoisotopic (exact) mass is 460 g/mol. The molecule has 0 radical (unpaired) electrons. The van der Waals surface area contributed by atoms with Crippen LogP contribution in [0.3, 0.4) is 0 Å². The van der Waals surface area contributed by atoms with Gasteiger partial charge in [0.15, 0.2) is 5.17 Å². The van der Waals surface area contributed by atoms with Crippen LogP contribution < -0.4 is 14.4 Å². The number of thioether (sulfide) groups is 1. The van der Waals surface area contributed by atoms with Crippen molar-refractivity contribution in [2.75, 3.05) is 31.5 Å². The smallest absolute Gasteiger partial charge is 0.283 e. The molecule has 3 rings (SSSR count). The van der Waals surface area contributed by atoms with Crippen molar-refractivity contribution in [3.05, 3.63) is 58.7 Å². The van der Waals surface area contributed by atoms with Crippen molar-refractivity contribution in [2.45, 2.75) is 20.0 Å². The van der Waals surface area contributed by atoms with Crippen LogP contribution in [0.4, 0.5) is 5.69 Å². The Morgan fingerprint density at radius 2 is 1.87 bits per heavy atom. The molecule has 0 N–H and O–H groups in total. The van der Waals surface area contributed by atoms with Crippen LogP contribution in [-0.2, 0) is 9.53 Å². The predicted octanol–water partition coefficient (Wildman–Crippen LogP) is 5.26. The van der Waals surface area contributed by atoms with Crippen molar-refractivity contribution in [2.24, 2.45) is 4.99 Å². The van der Waals surface area contributed by atoms with Crippen molar-refractivity contribution in [3.8, 4) is 11.5 Å². The van der Waals surface area contributed by atoms with E-state index in [2.05, 4.69) is 4.99 Å². The van der Waals surface area contributed by atoms with Gasteiger partial charge in [0.2, 0.25) is 0 Å². The van der Waals surface area contributed by atoms with E-state index in [0.29, 0.717) is 39.7 Å². The number of aliphatic imine (C=N–C) groups is 1. The highest BCUT2D eigenvalue weighted by Crippen LogP contribution is 2.34. The second kappa shape index (κ2) is 10.7. The first-order chi connectivity index (χ1) is 14.9. The van der Waals surface area contributed by atoms with Gasteiger partial charge in [-0.3, -0.25) is 9.69 Å². The third kappa shape index (κ3) is 5.81. The summed E-state index contributed by atoms with van der Waals surface area (Å²) in [5.74, 6) is 1.70. The Morgan fingerprint density at radius 1 is 1.13 bits per heavy atom. The Balaban J connectivity index is 1.90. The topological polar surface area (TPSA) is 60.4 Å². The third-order valence-corrected chi connectivity index (χ3v) is 5.62. The van der Waals surface area contributed by atoms with Crippen molar-refractivity contribution in [1.82, 2.24) is 0 Å². The van der Waals surface area contributed by atoms with Crippen molar-refractivity contribution >= 4 is 46.2 Å². The summed E-state index contributed by atoms with van der Waals surface area (Å²) >= 11 is 7.63. The van der Waals surface area contributed by atoms with Crippen LogP contribution >= 0.6 is 23.4 Å². The number of carbonyl (C=O) groups is 1. The maximum Gasteiger partial charge on any atom is 0.283 e. The number of nitrogens with zero attached hydrogens (tertiary/aromatic N) is 2. The Morgan fingerprint density at radius 3 is 2.52 bits per heavy atom. The van der Waals surface area contributed by atoms with Crippen LogP contribution in [0.5, 0.6) is 11.5 Å². The molecule has 164 valence electrons. The molecule has 0 saturated heterocycles. The third-order valence-electron chi connectivity index (χ3n) is 4.41. The largest absolute Gasteiger partial charge is 0.497 e. The number of amidine groups is 1. The number of methoxy groups -OCH3 is 2. The molecule has 0 atom stereocenters. The molecule has 6 nitrogen and oxygen atoms in total. The minimum Gasteiger partial charge on any atom is -0.497 e. The minimum atomic E-state index is -0.215. The van der Waals surface area contributed by atoms with E-state index in [0.717, 1.165) is 11.3 Å². The summed E-state index contributed by atoms with van der Waals surface area (Å²) < 4.78 is 16.1. The maximum atomic E-state index is 13.3. The first kappa shape index (κ1) is 23.2. The van der Waals surface area contributed by atoms with Crippen molar-refractivity contribution in [1.29, 1.82) is 0 Å². The molecular formula is C23H25ClN2O4S. The van der Waals surface area contributed by atoms with Crippen molar-refractivity contribution in [3.63, 3.8) is 0 Å². The van der Waals surface area contributed by atoms with Gasteiger partial charge in [0, 0.05) is 11.8 Å². The molecule has 0 aliphatic carbocycles. The van der Waals surface area contributed by atoms with Gasteiger partial charge in [0.05, 0.1) is 37.6 Å². The molecule has 31 heavy (non-hydrogen) atoms. The van der Waals surface area contributed by atoms with E-state index in [9.17, 15) is 4.79 Å². The number of hydrogen-bond acceptors (Lipinski definition) is 6. The molecule has 0 unspecified atom stereocenters. The van der Waals surface area contributed by atoms with Gasteiger partial charge < -0.3 is 14.2 Å². The fourth-order valence-electron chi connectivity index (χ4n) is 2.88. The molecule has 1 heterocycles. The zero-order chi connectivity index (χ0) is 22.4. The lowest BCUT2D eigenvalue weighted by atomic mass is 10.2. The lowest BCUT2D eigenvalue weighted by molar-refractivity contribution is -0.113. The highest BCUT2D eigenvalue weighted by atomic mass is 35.5. The van der Waals surface area contributed by atoms with Gasteiger partial charge in [0.25, 0.3) is 5.91 Å². The normalized spacial score (nSPS) is 15.0. The summed E-state index contributed by atoms with van der Waals surface area (Å²) in [5, 5.41) is 1.06. The number of ether oxygens (including phenoxy) is 3. The van der Waals surface area contributed by atoms with E-state index in [4.69, 9.17) is 25.8 Å². The fourth-order valence-corrected chi connectivity index (χ4v) is 3.92.